The predicted molar refractivity (Wildman–Crippen MR) is 66.3 cm³/mol. The minimum atomic E-state index is -0.996. The van der Waals surface area contributed by atoms with Gasteiger partial charge in [0.25, 0.3) is 0 Å². The molecular formula is C13H13N3O2. The van der Waals surface area contributed by atoms with Gasteiger partial charge in [0, 0.05) is 24.2 Å². The molecule has 0 unspecified atom stereocenters. The summed E-state index contributed by atoms with van der Waals surface area (Å²) < 4.78 is 0. The van der Waals surface area contributed by atoms with E-state index in [1.54, 1.807) is 12.4 Å². The molecule has 92 valence electrons. The fourth-order valence-corrected chi connectivity index (χ4v) is 1.72. The van der Waals surface area contributed by atoms with Crippen LogP contribution >= 0.6 is 0 Å². The van der Waals surface area contributed by atoms with Crippen molar-refractivity contribution in [3.63, 3.8) is 0 Å². The number of aromatic nitrogens is 3. The molecule has 1 N–H and O–H groups in total. The number of pyridine rings is 1. The van der Waals surface area contributed by atoms with E-state index in [0.29, 0.717) is 17.9 Å². The third-order valence-corrected chi connectivity index (χ3v) is 2.69. The Morgan fingerprint density at radius 3 is 2.78 bits per heavy atom. The summed E-state index contributed by atoms with van der Waals surface area (Å²) in [7, 11) is 0. The van der Waals surface area contributed by atoms with E-state index in [4.69, 9.17) is 5.11 Å². The summed E-state index contributed by atoms with van der Waals surface area (Å²) in [5.41, 5.74) is 2.54. The largest absolute Gasteiger partial charge is 0.478 e. The molecular weight excluding hydrogens is 230 g/mol. The average Bonchev–Trinajstić information content (AvgIpc) is 2.38. The van der Waals surface area contributed by atoms with Crippen LogP contribution in [0.4, 0.5) is 0 Å². The van der Waals surface area contributed by atoms with Crippen LogP contribution in [0.5, 0.6) is 0 Å². The Labute approximate surface area is 105 Å². The van der Waals surface area contributed by atoms with Gasteiger partial charge in [0.05, 0.1) is 11.3 Å². The van der Waals surface area contributed by atoms with Gasteiger partial charge in [-0.1, -0.05) is 6.92 Å². The first-order chi connectivity index (χ1) is 8.63. The average molecular weight is 243 g/mol. The zero-order valence-corrected chi connectivity index (χ0v) is 10.2. The number of carboxylic acids is 1. The SMILES string of the molecule is CCc1nc(-c2ccncc2C)ncc1C(=O)O. The van der Waals surface area contributed by atoms with E-state index in [2.05, 4.69) is 15.0 Å². The quantitative estimate of drug-likeness (QED) is 0.893. The molecule has 5 nitrogen and oxygen atoms in total. The number of aryl methyl sites for hydroxylation is 2. The molecule has 0 spiro atoms. The van der Waals surface area contributed by atoms with Crippen molar-refractivity contribution in [3.05, 3.63) is 41.5 Å². The minimum Gasteiger partial charge on any atom is -0.478 e. The molecule has 0 amide bonds. The molecule has 0 aliphatic carbocycles. The maximum Gasteiger partial charge on any atom is 0.339 e. The number of hydrogen-bond acceptors (Lipinski definition) is 4. The summed E-state index contributed by atoms with van der Waals surface area (Å²) in [5, 5.41) is 9.02. The smallest absolute Gasteiger partial charge is 0.339 e. The van der Waals surface area contributed by atoms with Gasteiger partial charge in [-0.25, -0.2) is 14.8 Å². The first-order valence-electron chi connectivity index (χ1n) is 5.63. The number of carbonyl (C=O) groups is 1. The van der Waals surface area contributed by atoms with Crippen LogP contribution in [0.3, 0.4) is 0 Å². The zero-order valence-electron chi connectivity index (χ0n) is 10.2. The standard InChI is InChI=1S/C13H13N3O2/c1-3-11-10(13(17)18)7-15-12(16-11)9-4-5-14-6-8(9)2/h4-7H,3H2,1-2H3,(H,17,18). The van der Waals surface area contributed by atoms with E-state index in [-0.39, 0.29) is 5.56 Å². The van der Waals surface area contributed by atoms with Crippen LogP contribution < -0.4 is 0 Å². The Morgan fingerprint density at radius 2 is 2.17 bits per heavy atom. The molecule has 2 aromatic rings. The summed E-state index contributed by atoms with van der Waals surface area (Å²) in [6.45, 7) is 3.79. The van der Waals surface area contributed by atoms with E-state index in [9.17, 15) is 4.79 Å². The van der Waals surface area contributed by atoms with E-state index < -0.39 is 5.97 Å². The van der Waals surface area contributed by atoms with Crippen LogP contribution in [-0.4, -0.2) is 26.0 Å². The summed E-state index contributed by atoms with van der Waals surface area (Å²) >= 11 is 0. The monoisotopic (exact) mass is 243 g/mol. The number of hydrogen-bond donors (Lipinski definition) is 1. The molecule has 2 aromatic heterocycles. The molecule has 2 rings (SSSR count). The van der Waals surface area contributed by atoms with Crippen LogP contribution in [0.15, 0.2) is 24.7 Å². The normalized spacial score (nSPS) is 10.3. The first-order valence-corrected chi connectivity index (χ1v) is 5.63. The van der Waals surface area contributed by atoms with Gasteiger partial charge in [-0.2, -0.15) is 0 Å². The number of aromatic carboxylic acids is 1. The molecule has 2 heterocycles. The molecule has 5 heteroatoms. The van der Waals surface area contributed by atoms with Crippen LogP contribution in [0.2, 0.25) is 0 Å². The highest BCUT2D eigenvalue weighted by molar-refractivity contribution is 5.88. The summed E-state index contributed by atoms with van der Waals surface area (Å²) in [5.74, 6) is -0.457. The fraction of sp³-hybridized carbons (Fsp3) is 0.231. The first kappa shape index (κ1) is 12.2. The maximum atomic E-state index is 11.0. The maximum absolute atomic E-state index is 11.0. The Kier molecular flexibility index (Phi) is 3.32. The molecule has 0 aliphatic rings. The van der Waals surface area contributed by atoms with Gasteiger partial charge in [0.15, 0.2) is 5.82 Å². The van der Waals surface area contributed by atoms with E-state index >= 15 is 0 Å². The van der Waals surface area contributed by atoms with Gasteiger partial charge in [0.1, 0.15) is 0 Å². The van der Waals surface area contributed by atoms with Crippen molar-refractivity contribution in [2.24, 2.45) is 0 Å². The lowest BCUT2D eigenvalue weighted by atomic mass is 10.1. The molecule has 0 fully saturated rings. The lowest BCUT2D eigenvalue weighted by Gasteiger charge is -2.07. The highest BCUT2D eigenvalue weighted by Gasteiger charge is 2.13. The van der Waals surface area contributed by atoms with Gasteiger partial charge in [-0.3, -0.25) is 4.98 Å². The topological polar surface area (TPSA) is 76.0 Å². The van der Waals surface area contributed by atoms with Crippen LogP contribution in [0.1, 0.15) is 28.5 Å². The summed E-state index contributed by atoms with van der Waals surface area (Å²) in [4.78, 5) is 23.5. The molecule has 0 atom stereocenters. The summed E-state index contributed by atoms with van der Waals surface area (Å²) in [6, 6.07) is 1.82. The third kappa shape index (κ3) is 2.20. The van der Waals surface area contributed by atoms with Gasteiger partial charge in [0.2, 0.25) is 0 Å². The fourth-order valence-electron chi connectivity index (χ4n) is 1.72. The van der Waals surface area contributed by atoms with Gasteiger partial charge >= 0.3 is 5.97 Å². The van der Waals surface area contributed by atoms with Crippen molar-refractivity contribution in [2.45, 2.75) is 20.3 Å². The molecule has 0 aliphatic heterocycles. The predicted octanol–water partition coefficient (Wildman–Crippen LogP) is 2.11. The van der Waals surface area contributed by atoms with Crippen molar-refractivity contribution >= 4 is 5.97 Å². The lowest BCUT2D eigenvalue weighted by molar-refractivity contribution is 0.0694. The Morgan fingerprint density at radius 1 is 1.39 bits per heavy atom. The zero-order chi connectivity index (χ0) is 13.1. The highest BCUT2D eigenvalue weighted by atomic mass is 16.4. The summed E-state index contributed by atoms with van der Waals surface area (Å²) in [6.07, 6.45) is 5.32. The number of rotatable bonds is 3. The van der Waals surface area contributed by atoms with E-state index in [1.165, 1.54) is 6.20 Å². The van der Waals surface area contributed by atoms with E-state index in [1.807, 2.05) is 19.9 Å². The van der Waals surface area contributed by atoms with Crippen molar-refractivity contribution in [1.29, 1.82) is 0 Å². The molecule has 18 heavy (non-hydrogen) atoms. The number of carboxylic acid groups (broad SMARTS) is 1. The van der Waals surface area contributed by atoms with Gasteiger partial charge < -0.3 is 5.11 Å². The van der Waals surface area contributed by atoms with Crippen molar-refractivity contribution < 1.29 is 9.90 Å². The second-order valence-corrected chi connectivity index (χ2v) is 3.90. The Hall–Kier alpha value is -2.30. The van der Waals surface area contributed by atoms with E-state index in [0.717, 1.165) is 11.1 Å². The van der Waals surface area contributed by atoms with Gasteiger partial charge in [-0.15, -0.1) is 0 Å². The molecule has 0 aromatic carbocycles. The Bertz CT molecular complexity index is 597. The molecule has 0 radical (unpaired) electrons. The minimum absolute atomic E-state index is 0.160. The third-order valence-electron chi connectivity index (χ3n) is 2.69. The lowest BCUT2D eigenvalue weighted by Crippen LogP contribution is -2.07. The molecule has 0 saturated carbocycles. The van der Waals surface area contributed by atoms with Crippen molar-refractivity contribution in [2.75, 3.05) is 0 Å². The van der Waals surface area contributed by atoms with Crippen LogP contribution in [-0.2, 0) is 6.42 Å². The molecule has 0 saturated heterocycles. The second-order valence-electron chi connectivity index (χ2n) is 3.90. The second kappa shape index (κ2) is 4.91. The number of nitrogens with zero attached hydrogens (tertiary/aromatic N) is 3. The van der Waals surface area contributed by atoms with Crippen molar-refractivity contribution in [1.82, 2.24) is 15.0 Å². The van der Waals surface area contributed by atoms with Crippen molar-refractivity contribution in [3.8, 4) is 11.4 Å². The van der Waals surface area contributed by atoms with Gasteiger partial charge in [-0.05, 0) is 25.0 Å². The van der Waals surface area contributed by atoms with Crippen LogP contribution in [0.25, 0.3) is 11.4 Å². The highest BCUT2D eigenvalue weighted by Crippen LogP contribution is 2.19. The molecule has 0 bridgehead atoms. The van der Waals surface area contributed by atoms with Crippen LogP contribution in [0, 0.1) is 6.92 Å². The Balaban J connectivity index is 2.55.